The minimum Gasteiger partial charge on any atom is -0.355 e. The summed E-state index contributed by atoms with van der Waals surface area (Å²) in [7, 11) is 1.83. The molecule has 132 valence electrons. The highest BCUT2D eigenvalue weighted by Gasteiger charge is 2.20. The van der Waals surface area contributed by atoms with Gasteiger partial charge in [0.25, 0.3) is 0 Å². The molecule has 0 aromatic carbocycles. The number of guanidine groups is 1. The van der Waals surface area contributed by atoms with Crippen molar-refractivity contribution in [2.45, 2.75) is 39.3 Å². The lowest BCUT2D eigenvalue weighted by Gasteiger charge is -2.35. The Labute approximate surface area is 157 Å². The molecule has 1 aromatic rings. The quantitative estimate of drug-likeness (QED) is 0.412. The van der Waals surface area contributed by atoms with Crippen LogP contribution in [-0.4, -0.2) is 54.7 Å². The summed E-state index contributed by atoms with van der Waals surface area (Å²) in [5, 5.41) is 6.82. The highest BCUT2D eigenvalue weighted by atomic mass is 127. The SMILES string of the molecule is CN=C(NCCn1cccc1)NCC(C)N1CCC(C)CC1.I. The number of likely N-dealkylation sites (tertiary alicyclic amines) is 1. The van der Waals surface area contributed by atoms with Crippen molar-refractivity contribution in [2.75, 3.05) is 33.2 Å². The van der Waals surface area contributed by atoms with E-state index in [0.717, 1.165) is 31.5 Å². The number of halogens is 1. The third-order valence-electron chi connectivity index (χ3n) is 4.56. The summed E-state index contributed by atoms with van der Waals surface area (Å²) in [6.07, 6.45) is 6.82. The monoisotopic (exact) mass is 433 g/mol. The van der Waals surface area contributed by atoms with E-state index in [1.807, 2.05) is 19.2 Å². The lowest BCUT2D eigenvalue weighted by molar-refractivity contribution is 0.147. The molecule has 0 radical (unpaired) electrons. The van der Waals surface area contributed by atoms with Crippen LogP contribution in [0.1, 0.15) is 26.7 Å². The fraction of sp³-hybridized carbons (Fsp3) is 0.706. The second-order valence-electron chi connectivity index (χ2n) is 6.37. The molecule has 5 nitrogen and oxygen atoms in total. The number of aromatic nitrogens is 1. The molecule has 0 aliphatic carbocycles. The summed E-state index contributed by atoms with van der Waals surface area (Å²) in [5.41, 5.74) is 0. The predicted molar refractivity (Wildman–Crippen MR) is 109 cm³/mol. The van der Waals surface area contributed by atoms with Crippen LogP contribution in [0.3, 0.4) is 0 Å². The van der Waals surface area contributed by atoms with Crippen molar-refractivity contribution in [1.82, 2.24) is 20.1 Å². The third-order valence-corrected chi connectivity index (χ3v) is 4.56. The average Bonchev–Trinajstić information content (AvgIpc) is 3.04. The number of piperidine rings is 1. The molecule has 1 atom stereocenters. The minimum atomic E-state index is 0. The predicted octanol–water partition coefficient (Wildman–Crippen LogP) is 2.39. The van der Waals surface area contributed by atoms with Gasteiger partial charge in [-0.1, -0.05) is 6.92 Å². The van der Waals surface area contributed by atoms with E-state index in [0.29, 0.717) is 6.04 Å². The van der Waals surface area contributed by atoms with Crippen LogP contribution in [0.5, 0.6) is 0 Å². The lowest BCUT2D eigenvalue weighted by Crippen LogP contribution is -2.48. The van der Waals surface area contributed by atoms with Crippen LogP contribution in [0.4, 0.5) is 0 Å². The number of aliphatic imine (C=N–C) groups is 1. The van der Waals surface area contributed by atoms with Crippen LogP contribution in [0.25, 0.3) is 0 Å². The Morgan fingerprint density at radius 3 is 2.48 bits per heavy atom. The molecular weight excluding hydrogens is 401 g/mol. The summed E-state index contributed by atoms with van der Waals surface area (Å²) in [6.45, 7) is 9.88. The van der Waals surface area contributed by atoms with Crippen molar-refractivity contribution in [2.24, 2.45) is 10.9 Å². The second-order valence-corrected chi connectivity index (χ2v) is 6.37. The molecule has 0 bridgehead atoms. The van der Waals surface area contributed by atoms with Gasteiger partial charge in [-0.2, -0.15) is 0 Å². The Morgan fingerprint density at radius 1 is 1.22 bits per heavy atom. The van der Waals surface area contributed by atoms with Gasteiger partial charge in [-0.3, -0.25) is 9.89 Å². The molecule has 2 N–H and O–H groups in total. The molecule has 1 saturated heterocycles. The minimum absolute atomic E-state index is 0. The maximum Gasteiger partial charge on any atom is 0.191 e. The van der Waals surface area contributed by atoms with Crippen molar-refractivity contribution >= 4 is 29.9 Å². The van der Waals surface area contributed by atoms with Gasteiger partial charge in [0.15, 0.2) is 5.96 Å². The highest BCUT2D eigenvalue weighted by Crippen LogP contribution is 2.17. The van der Waals surface area contributed by atoms with E-state index in [4.69, 9.17) is 0 Å². The first kappa shape index (κ1) is 20.3. The summed E-state index contributed by atoms with van der Waals surface area (Å²) < 4.78 is 2.16. The maximum absolute atomic E-state index is 4.30. The van der Waals surface area contributed by atoms with Gasteiger partial charge in [0.05, 0.1) is 0 Å². The molecule has 1 aromatic heterocycles. The standard InChI is InChI=1S/C17H31N5.HI/c1-15-6-11-22(12-7-15)16(2)14-20-17(18-3)19-8-13-21-9-4-5-10-21;/h4-5,9-10,15-16H,6-8,11-14H2,1-3H3,(H2,18,19,20);1H. The second kappa shape index (κ2) is 10.9. The molecule has 1 aliphatic rings. The maximum atomic E-state index is 4.30. The van der Waals surface area contributed by atoms with Crippen molar-refractivity contribution in [3.05, 3.63) is 24.5 Å². The number of nitrogens with zero attached hydrogens (tertiary/aromatic N) is 3. The van der Waals surface area contributed by atoms with Crippen LogP contribution in [-0.2, 0) is 6.54 Å². The van der Waals surface area contributed by atoms with E-state index < -0.39 is 0 Å². The molecule has 1 unspecified atom stereocenters. The van der Waals surface area contributed by atoms with Gasteiger partial charge in [-0.25, -0.2) is 0 Å². The summed E-state index contributed by atoms with van der Waals surface area (Å²) in [5.74, 6) is 1.78. The third kappa shape index (κ3) is 7.12. The summed E-state index contributed by atoms with van der Waals surface area (Å²) in [6, 6.07) is 4.65. The van der Waals surface area contributed by atoms with Crippen molar-refractivity contribution in [1.29, 1.82) is 0 Å². The van der Waals surface area contributed by atoms with Crippen molar-refractivity contribution < 1.29 is 0 Å². The Hall–Kier alpha value is -0.760. The molecule has 6 heteroatoms. The van der Waals surface area contributed by atoms with E-state index in [1.54, 1.807) is 0 Å². The number of nitrogens with one attached hydrogen (secondary N) is 2. The van der Waals surface area contributed by atoms with Crippen molar-refractivity contribution in [3.63, 3.8) is 0 Å². The largest absolute Gasteiger partial charge is 0.355 e. The Kier molecular flexibility index (Phi) is 9.62. The molecule has 1 aliphatic heterocycles. The molecule has 1 fully saturated rings. The fourth-order valence-electron chi connectivity index (χ4n) is 2.89. The molecule has 0 saturated carbocycles. The topological polar surface area (TPSA) is 44.6 Å². The van der Waals surface area contributed by atoms with E-state index in [1.165, 1.54) is 25.9 Å². The zero-order valence-corrected chi connectivity index (χ0v) is 17.0. The van der Waals surface area contributed by atoms with Crippen LogP contribution in [0, 0.1) is 5.92 Å². The molecular formula is C17H32IN5. The smallest absolute Gasteiger partial charge is 0.191 e. The van der Waals surface area contributed by atoms with Gasteiger partial charge in [0.2, 0.25) is 0 Å². The van der Waals surface area contributed by atoms with E-state index in [9.17, 15) is 0 Å². The first-order chi connectivity index (χ1) is 10.7. The summed E-state index contributed by atoms with van der Waals surface area (Å²) in [4.78, 5) is 6.89. The van der Waals surface area contributed by atoms with Gasteiger partial charge in [-0.05, 0) is 50.9 Å². The van der Waals surface area contributed by atoms with Crippen molar-refractivity contribution in [3.8, 4) is 0 Å². The highest BCUT2D eigenvalue weighted by molar-refractivity contribution is 14.0. The van der Waals surface area contributed by atoms with Gasteiger partial charge in [0, 0.05) is 45.1 Å². The van der Waals surface area contributed by atoms with Crippen LogP contribution in [0.15, 0.2) is 29.5 Å². The number of hydrogen-bond donors (Lipinski definition) is 2. The lowest BCUT2D eigenvalue weighted by atomic mass is 9.98. The first-order valence-corrected chi connectivity index (χ1v) is 8.48. The normalized spacial score (nSPS) is 18.3. The van der Waals surface area contributed by atoms with Gasteiger partial charge >= 0.3 is 0 Å². The fourth-order valence-corrected chi connectivity index (χ4v) is 2.89. The van der Waals surface area contributed by atoms with Crippen LogP contribution >= 0.6 is 24.0 Å². The molecule has 0 amide bonds. The van der Waals surface area contributed by atoms with Gasteiger partial charge in [0.1, 0.15) is 0 Å². The average molecular weight is 433 g/mol. The molecule has 23 heavy (non-hydrogen) atoms. The Balaban J connectivity index is 0.00000264. The molecule has 2 heterocycles. The zero-order valence-electron chi connectivity index (χ0n) is 14.7. The number of hydrogen-bond acceptors (Lipinski definition) is 2. The van der Waals surface area contributed by atoms with Gasteiger partial charge in [-0.15, -0.1) is 24.0 Å². The summed E-state index contributed by atoms with van der Waals surface area (Å²) >= 11 is 0. The van der Waals surface area contributed by atoms with Gasteiger partial charge < -0.3 is 15.2 Å². The van der Waals surface area contributed by atoms with E-state index >= 15 is 0 Å². The Morgan fingerprint density at radius 2 is 1.87 bits per heavy atom. The molecule has 0 spiro atoms. The number of rotatable bonds is 6. The van der Waals surface area contributed by atoms with Crippen LogP contribution < -0.4 is 10.6 Å². The first-order valence-electron chi connectivity index (χ1n) is 8.48. The van der Waals surface area contributed by atoms with Crippen LogP contribution in [0.2, 0.25) is 0 Å². The van der Waals surface area contributed by atoms with E-state index in [-0.39, 0.29) is 24.0 Å². The zero-order chi connectivity index (χ0) is 15.8. The molecule has 2 rings (SSSR count). The Bertz CT molecular complexity index is 438. The van der Waals surface area contributed by atoms with E-state index in [2.05, 4.69) is 51.3 Å².